The third-order valence-corrected chi connectivity index (χ3v) is 2.64. The van der Waals surface area contributed by atoms with Crippen LogP contribution in [-0.2, 0) is 39.6 Å². The topological polar surface area (TPSA) is 210 Å². The average Bonchev–Trinajstić information content (AvgIpc) is 2.18. The maximum absolute atomic E-state index is 10.3. The molecule has 0 fully saturated rings. The second-order valence-electron chi connectivity index (χ2n) is 3.57. The Balaban J connectivity index is -0.000000147. The first-order valence-electron chi connectivity index (χ1n) is 5.36. The van der Waals surface area contributed by atoms with Gasteiger partial charge in [-0.1, -0.05) is 6.42 Å². The van der Waals surface area contributed by atoms with Crippen LogP contribution in [-0.4, -0.2) is 56.2 Å². The van der Waals surface area contributed by atoms with Gasteiger partial charge in [-0.25, -0.2) is 25.3 Å². The van der Waals surface area contributed by atoms with Crippen LogP contribution in [0, 0.1) is 6.92 Å². The minimum atomic E-state index is -4.92. The van der Waals surface area contributed by atoms with E-state index in [2.05, 4.69) is 15.3 Å². The summed E-state index contributed by atoms with van der Waals surface area (Å²) in [6.07, 6.45) is -0.159. The van der Waals surface area contributed by atoms with E-state index < -0.39 is 37.3 Å². The molecule has 18 heteroatoms. The first kappa shape index (κ1) is 38.2. The van der Waals surface area contributed by atoms with Crippen molar-refractivity contribution in [2.45, 2.75) is 31.8 Å². The van der Waals surface area contributed by atoms with E-state index in [0.29, 0.717) is 6.42 Å². The summed E-state index contributed by atoms with van der Waals surface area (Å²) in [4.78, 5) is 0. The molecule has 12 nitrogen and oxygen atoms in total. The molecule has 0 bridgehead atoms. The molecule has 0 aliphatic heterocycles. The quantitative estimate of drug-likeness (QED) is 0.113. The van der Waals surface area contributed by atoms with Crippen LogP contribution in [0.25, 0.3) is 0 Å². The monoisotopic (exact) mass is 455 g/mol. The Labute approximate surface area is 214 Å². The molecule has 25 heavy (non-hydrogen) atoms. The number of hydrogen-bond donors (Lipinski definition) is 1. The normalized spacial score (nSPS) is 12.4. The van der Waals surface area contributed by atoms with Gasteiger partial charge >= 0.3 is 88.7 Å². The van der Waals surface area contributed by atoms with Crippen LogP contribution in [0.2, 0.25) is 0 Å². The van der Waals surface area contributed by atoms with E-state index in [0.717, 1.165) is 0 Å². The van der Waals surface area contributed by atoms with Crippen molar-refractivity contribution in [3.63, 3.8) is 0 Å². The van der Waals surface area contributed by atoms with E-state index in [1.807, 2.05) is 0 Å². The molecular weight excluding hydrogens is 441 g/mol. The Morgan fingerprint density at radius 3 is 1.56 bits per heavy atom. The number of hydrogen-bond acceptors (Lipinski definition) is 11. The van der Waals surface area contributed by atoms with Crippen molar-refractivity contribution < 1.29 is 141 Å². The summed E-state index contributed by atoms with van der Waals surface area (Å²) in [5.74, 6) is 0. The van der Waals surface area contributed by atoms with Crippen LogP contribution in [0.4, 0.5) is 0 Å². The molecule has 0 spiro atoms. The largest absolute Gasteiger partial charge is 1.00 e. The number of rotatable bonds is 9. The second-order valence-corrected chi connectivity index (χ2v) is 6.49. The summed E-state index contributed by atoms with van der Waals surface area (Å²) in [6, 6.07) is 0. The van der Waals surface area contributed by atoms with Gasteiger partial charge in [-0.05, 0) is 12.8 Å². The molecule has 0 aromatic carbocycles. The van der Waals surface area contributed by atoms with Gasteiger partial charge in [0.2, 0.25) is 31.2 Å². The van der Waals surface area contributed by atoms with Crippen LogP contribution in [0.5, 0.6) is 0 Å². The molecule has 0 radical (unpaired) electrons. The standard InChI is InChI=1S/C7H15O8S2.3Na.H2O4S/c1-2-4-7(15-17(11,12)13)5-3-6-14-16(8,9)10;;;;1-5(2,3)4/h7H,1-6H2,(H,8,9,10)(H,11,12,13);;;;(H2,1,2,3,4)/q-1;3*+1;/p-3. The summed E-state index contributed by atoms with van der Waals surface area (Å²) in [6.45, 7) is 3.08. The predicted molar refractivity (Wildman–Crippen MR) is 66.4 cm³/mol. The van der Waals surface area contributed by atoms with Crippen LogP contribution in [0.1, 0.15) is 25.7 Å². The fourth-order valence-electron chi connectivity index (χ4n) is 1.11. The van der Waals surface area contributed by atoms with Crippen LogP contribution in [0.15, 0.2) is 0 Å². The molecule has 1 N–H and O–H groups in total. The van der Waals surface area contributed by atoms with Gasteiger partial charge in [0, 0.05) is 0 Å². The zero-order chi connectivity index (χ0) is 18.0. The molecule has 0 saturated carbocycles. The maximum Gasteiger partial charge on any atom is 1.00 e. The van der Waals surface area contributed by atoms with Crippen molar-refractivity contribution in [1.29, 1.82) is 0 Å². The molecule has 0 aromatic heterocycles. The molecule has 0 aromatic rings. The third kappa shape index (κ3) is 46.5. The van der Waals surface area contributed by atoms with Crippen LogP contribution >= 0.6 is 0 Å². The molecule has 0 saturated heterocycles. The smallest absolute Gasteiger partial charge is 0.726 e. The van der Waals surface area contributed by atoms with Gasteiger partial charge in [0.05, 0.1) is 12.7 Å². The second kappa shape index (κ2) is 18.6. The Hall–Kier alpha value is 2.61. The molecule has 0 heterocycles. The van der Waals surface area contributed by atoms with E-state index in [9.17, 15) is 25.9 Å². The molecular formula is C7H14Na3O12S3-. The van der Waals surface area contributed by atoms with Gasteiger partial charge in [-0.15, -0.1) is 0 Å². The zero-order valence-electron chi connectivity index (χ0n) is 14.0. The average molecular weight is 455 g/mol. The van der Waals surface area contributed by atoms with Crippen LogP contribution in [0.3, 0.4) is 0 Å². The van der Waals surface area contributed by atoms with E-state index in [1.54, 1.807) is 0 Å². The molecule has 0 aliphatic rings. The zero-order valence-corrected chi connectivity index (χ0v) is 22.4. The van der Waals surface area contributed by atoms with E-state index in [1.165, 1.54) is 0 Å². The van der Waals surface area contributed by atoms with Crippen molar-refractivity contribution in [2.75, 3.05) is 6.61 Å². The van der Waals surface area contributed by atoms with Crippen molar-refractivity contribution in [1.82, 2.24) is 0 Å². The third-order valence-electron chi connectivity index (χ3n) is 1.68. The summed E-state index contributed by atoms with van der Waals surface area (Å²) >= 11 is 0. The van der Waals surface area contributed by atoms with Gasteiger partial charge in [0.15, 0.2) is 0 Å². The Morgan fingerprint density at radius 2 is 1.28 bits per heavy atom. The summed E-state index contributed by atoms with van der Waals surface area (Å²) in [5.41, 5.74) is 0. The van der Waals surface area contributed by atoms with Gasteiger partial charge in [0.25, 0.3) is 0 Å². The van der Waals surface area contributed by atoms with Crippen molar-refractivity contribution >= 4 is 31.2 Å². The molecule has 0 amide bonds. The summed E-state index contributed by atoms with van der Waals surface area (Å²) in [7, 11) is -14.5. The minimum Gasteiger partial charge on any atom is -0.726 e. The first-order chi connectivity index (χ1) is 9.64. The fraction of sp³-hybridized carbons (Fsp3) is 0.857. The van der Waals surface area contributed by atoms with Crippen LogP contribution < -0.4 is 88.7 Å². The Kier molecular flexibility index (Phi) is 28.5. The fourth-order valence-corrected chi connectivity index (χ4v) is 1.95. The first-order valence-corrected chi connectivity index (χ1v) is 9.39. The SMILES string of the molecule is O=S(=O)([O-])O.[CH2-]CCC(CCCOS(=O)(=O)[O-])OS(=O)(=O)[O-].[Na+].[Na+].[Na+]. The Morgan fingerprint density at radius 1 is 0.880 bits per heavy atom. The molecule has 136 valence electrons. The predicted octanol–water partition coefficient (Wildman–Crippen LogP) is -10.3. The van der Waals surface area contributed by atoms with Crippen molar-refractivity contribution in [3.8, 4) is 0 Å². The van der Waals surface area contributed by atoms with E-state index in [4.69, 9.17) is 17.5 Å². The van der Waals surface area contributed by atoms with Crippen molar-refractivity contribution in [3.05, 3.63) is 6.92 Å². The van der Waals surface area contributed by atoms with Gasteiger partial charge in [-0.3, -0.25) is 12.9 Å². The van der Waals surface area contributed by atoms with Crippen molar-refractivity contribution in [2.24, 2.45) is 0 Å². The van der Waals surface area contributed by atoms with Gasteiger partial charge < -0.3 is 20.6 Å². The van der Waals surface area contributed by atoms with E-state index in [-0.39, 0.29) is 115 Å². The molecule has 1 atom stereocenters. The minimum absolute atomic E-state index is 0. The van der Waals surface area contributed by atoms with Gasteiger partial charge in [-0.2, -0.15) is 6.42 Å². The van der Waals surface area contributed by atoms with Gasteiger partial charge in [0.1, 0.15) is 0 Å². The Bertz CT molecular complexity index is 594. The maximum atomic E-state index is 10.3. The molecule has 0 rings (SSSR count). The molecule has 1 unspecified atom stereocenters. The summed E-state index contributed by atoms with van der Waals surface area (Å²) in [5, 5.41) is 0. The van der Waals surface area contributed by atoms with E-state index >= 15 is 0 Å². The molecule has 0 aliphatic carbocycles. The summed E-state index contributed by atoms with van der Waals surface area (Å²) < 4.78 is 102.